The average molecular weight is 359 g/mol. The molecule has 3 N–H and O–H groups in total. The van der Waals surface area contributed by atoms with Gasteiger partial charge in [-0.05, 0) is 25.5 Å². The predicted octanol–water partition coefficient (Wildman–Crippen LogP) is 2.95. The van der Waals surface area contributed by atoms with Crippen LogP contribution in [0.2, 0.25) is 5.02 Å². The Bertz CT molecular complexity index is 658. The number of hydrogen-bond acceptors (Lipinski definition) is 5. The van der Waals surface area contributed by atoms with Gasteiger partial charge in [-0.2, -0.15) is 4.98 Å². The van der Waals surface area contributed by atoms with E-state index < -0.39 is 5.54 Å². The van der Waals surface area contributed by atoms with Gasteiger partial charge in [0, 0.05) is 10.6 Å². The summed E-state index contributed by atoms with van der Waals surface area (Å²) in [5.41, 5.74) is 5.81. The standard InChI is InChI=1S/C15H19ClN4O2.ClH/c1-3-7-15(2,17)14(21)18-9-12-19-13(20-22-12)10-5-4-6-11(16)8-10;/h4-6,8H,3,7,9,17H2,1-2H3,(H,18,21);1H. The quantitative estimate of drug-likeness (QED) is 0.827. The average Bonchev–Trinajstić information content (AvgIpc) is 2.93. The molecule has 6 nitrogen and oxygen atoms in total. The van der Waals surface area contributed by atoms with Crippen molar-refractivity contribution in [1.82, 2.24) is 15.5 Å². The van der Waals surface area contributed by atoms with E-state index in [4.69, 9.17) is 21.9 Å². The fraction of sp³-hybridized carbons (Fsp3) is 0.400. The number of nitrogens with one attached hydrogen (secondary N) is 1. The number of halogens is 2. The fourth-order valence-corrected chi connectivity index (χ4v) is 2.25. The molecule has 0 aliphatic rings. The topological polar surface area (TPSA) is 94.0 Å². The van der Waals surface area contributed by atoms with E-state index >= 15 is 0 Å². The van der Waals surface area contributed by atoms with Crippen molar-refractivity contribution in [2.45, 2.75) is 38.8 Å². The largest absolute Gasteiger partial charge is 0.345 e. The van der Waals surface area contributed by atoms with Crippen molar-refractivity contribution >= 4 is 29.9 Å². The van der Waals surface area contributed by atoms with Gasteiger partial charge in [0.2, 0.25) is 17.6 Å². The van der Waals surface area contributed by atoms with Gasteiger partial charge in [0.05, 0.1) is 12.1 Å². The lowest BCUT2D eigenvalue weighted by molar-refractivity contribution is -0.126. The number of nitrogens with two attached hydrogens (primary N) is 1. The maximum atomic E-state index is 12.0. The molecule has 0 saturated heterocycles. The highest BCUT2D eigenvalue weighted by molar-refractivity contribution is 6.30. The molecule has 1 heterocycles. The summed E-state index contributed by atoms with van der Waals surface area (Å²) in [5, 5.41) is 7.18. The van der Waals surface area contributed by atoms with Crippen LogP contribution in [0.3, 0.4) is 0 Å². The molecule has 1 aromatic heterocycles. The van der Waals surface area contributed by atoms with E-state index in [-0.39, 0.29) is 24.9 Å². The van der Waals surface area contributed by atoms with Crippen LogP contribution in [0.15, 0.2) is 28.8 Å². The molecule has 2 rings (SSSR count). The Labute approximate surface area is 146 Å². The molecule has 23 heavy (non-hydrogen) atoms. The third-order valence-electron chi connectivity index (χ3n) is 3.24. The van der Waals surface area contributed by atoms with Crippen molar-refractivity contribution in [1.29, 1.82) is 0 Å². The van der Waals surface area contributed by atoms with Gasteiger partial charge in [-0.3, -0.25) is 4.79 Å². The molecule has 0 aliphatic heterocycles. The Morgan fingerprint density at radius 3 is 2.87 bits per heavy atom. The van der Waals surface area contributed by atoms with Crippen molar-refractivity contribution < 1.29 is 9.32 Å². The number of benzene rings is 1. The van der Waals surface area contributed by atoms with Crippen LogP contribution in [0.5, 0.6) is 0 Å². The van der Waals surface area contributed by atoms with Crippen LogP contribution in [-0.2, 0) is 11.3 Å². The fourth-order valence-electron chi connectivity index (χ4n) is 2.06. The lowest BCUT2D eigenvalue weighted by Gasteiger charge is -2.22. The SMILES string of the molecule is CCCC(C)(N)C(=O)NCc1nc(-c2cccc(Cl)c2)no1.Cl. The second-order valence-electron chi connectivity index (χ2n) is 5.37. The summed E-state index contributed by atoms with van der Waals surface area (Å²) in [4.78, 5) is 16.2. The smallest absolute Gasteiger partial charge is 0.246 e. The van der Waals surface area contributed by atoms with E-state index in [2.05, 4.69) is 15.5 Å². The van der Waals surface area contributed by atoms with Gasteiger partial charge in [0.25, 0.3) is 0 Å². The van der Waals surface area contributed by atoms with Crippen molar-refractivity contribution in [3.63, 3.8) is 0 Å². The lowest BCUT2D eigenvalue weighted by atomic mass is 9.97. The number of aromatic nitrogens is 2. The van der Waals surface area contributed by atoms with Gasteiger partial charge in [-0.15, -0.1) is 12.4 Å². The van der Waals surface area contributed by atoms with Gasteiger partial charge in [-0.25, -0.2) is 0 Å². The molecule has 0 spiro atoms. The first-order chi connectivity index (χ1) is 10.4. The molecule has 0 saturated carbocycles. The molecule has 2 aromatic rings. The number of amides is 1. The number of carbonyl (C=O) groups excluding carboxylic acids is 1. The third kappa shape index (κ3) is 5.20. The highest BCUT2D eigenvalue weighted by Gasteiger charge is 2.27. The first kappa shape index (κ1) is 19.4. The molecule has 0 radical (unpaired) electrons. The molecule has 1 unspecified atom stereocenters. The predicted molar refractivity (Wildman–Crippen MR) is 91.3 cm³/mol. The molecular formula is C15H20Cl2N4O2. The lowest BCUT2D eigenvalue weighted by Crippen LogP contribution is -2.51. The van der Waals surface area contributed by atoms with Crippen LogP contribution < -0.4 is 11.1 Å². The summed E-state index contributed by atoms with van der Waals surface area (Å²) in [6, 6.07) is 7.15. The maximum absolute atomic E-state index is 12.0. The summed E-state index contributed by atoms with van der Waals surface area (Å²) >= 11 is 5.93. The van der Waals surface area contributed by atoms with E-state index in [0.717, 1.165) is 12.0 Å². The Balaban J connectivity index is 0.00000264. The van der Waals surface area contributed by atoms with Crippen LogP contribution in [0.1, 0.15) is 32.6 Å². The first-order valence-electron chi connectivity index (χ1n) is 7.08. The van der Waals surface area contributed by atoms with Crippen LogP contribution in [0, 0.1) is 0 Å². The summed E-state index contributed by atoms with van der Waals surface area (Å²) in [5.74, 6) is 0.503. The molecule has 1 atom stereocenters. The zero-order valence-electron chi connectivity index (χ0n) is 13.0. The normalized spacial score (nSPS) is 13.0. The van der Waals surface area contributed by atoms with Gasteiger partial charge in [0.1, 0.15) is 0 Å². The number of nitrogens with zero attached hydrogens (tertiary/aromatic N) is 2. The van der Waals surface area contributed by atoms with Crippen molar-refractivity contribution in [3.8, 4) is 11.4 Å². The van der Waals surface area contributed by atoms with Crippen LogP contribution in [0.25, 0.3) is 11.4 Å². The number of rotatable bonds is 6. The van der Waals surface area contributed by atoms with E-state index in [1.165, 1.54) is 0 Å². The van der Waals surface area contributed by atoms with E-state index in [0.29, 0.717) is 23.2 Å². The Morgan fingerprint density at radius 1 is 1.48 bits per heavy atom. The van der Waals surface area contributed by atoms with Gasteiger partial charge in [0.15, 0.2) is 0 Å². The maximum Gasteiger partial charge on any atom is 0.246 e. The van der Waals surface area contributed by atoms with Gasteiger partial charge in [-0.1, -0.05) is 42.2 Å². The zero-order valence-corrected chi connectivity index (χ0v) is 14.6. The first-order valence-corrected chi connectivity index (χ1v) is 7.46. The van der Waals surface area contributed by atoms with Crippen LogP contribution in [-0.4, -0.2) is 21.6 Å². The zero-order chi connectivity index (χ0) is 16.2. The van der Waals surface area contributed by atoms with E-state index in [9.17, 15) is 4.79 Å². The molecule has 1 aromatic carbocycles. The van der Waals surface area contributed by atoms with Gasteiger partial charge >= 0.3 is 0 Å². The summed E-state index contributed by atoms with van der Waals surface area (Å²) in [6.45, 7) is 3.83. The van der Waals surface area contributed by atoms with Gasteiger partial charge < -0.3 is 15.6 Å². The minimum atomic E-state index is -0.898. The highest BCUT2D eigenvalue weighted by atomic mass is 35.5. The molecule has 0 fully saturated rings. The summed E-state index contributed by atoms with van der Waals surface area (Å²) in [7, 11) is 0. The molecular weight excluding hydrogens is 339 g/mol. The number of hydrogen-bond donors (Lipinski definition) is 2. The van der Waals surface area contributed by atoms with Crippen molar-refractivity contribution in [2.24, 2.45) is 5.73 Å². The Morgan fingerprint density at radius 2 is 2.22 bits per heavy atom. The third-order valence-corrected chi connectivity index (χ3v) is 3.47. The Kier molecular flexibility index (Phi) is 7.00. The van der Waals surface area contributed by atoms with Crippen LogP contribution >= 0.6 is 24.0 Å². The molecule has 0 bridgehead atoms. The van der Waals surface area contributed by atoms with E-state index in [1.807, 2.05) is 13.0 Å². The molecule has 0 aliphatic carbocycles. The summed E-state index contributed by atoms with van der Waals surface area (Å²) < 4.78 is 5.12. The Hall–Kier alpha value is -1.63. The molecule has 8 heteroatoms. The highest BCUT2D eigenvalue weighted by Crippen LogP contribution is 2.19. The minimum absolute atomic E-state index is 0. The van der Waals surface area contributed by atoms with Crippen LogP contribution in [0.4, 0.5) is 0 Å². The summed E-state index contributed by atoms with van der Waals surface area (Å²) in [6.07, 6.45) is 1.44. The van der Waals surface area contributed by atoms with Crippen molar-refractivity contribution in [2.75, 3.05) is 0 Å². The monoisotopic (exact) mass is 358 g/mol. The second-order valence-corrected chi connectivity index (χ2v) is 5.81. The minimum Gasteiger partial charge on any atom is -0.345 e. The van der Waals surface area contributed by atoms with Crippen molar-refractivity contribution in [3.05, 3.63) is 35.2 Å². The molecule has 126 valence electrons. The van der Waals surface area contributed by atoms with E-state index in [1.54, 1.807) is 25.1 Å². The second kappa shape index (κ2) is 8.29. The molecule has 1 amide bonds. The number of carbonyl (C=O) groups is 1.